The molecule has 0 spiro atoms. The summed E-state index contributed by atoms with van der Waals surface area (Å²) in [6.07, 6.45) is 1.60. The molecule has 14 heavy (non-hydrogen) atoms. The minimum absolute atomic E-state index is 0.164. The predicted molar refractivity (Wildman–Crippen MR) is 56.1 cm³/mol. The first-order valence-corrected chi connectivity index (χ1v) is 5.19. The minimum Gasteiger partial charge on any atom is -0.507 e. The van der Waals surface area contributed by atoms with Crippen molar-refractivity contribution in [3.8, 4) is 5.75 Å². The molecule has 1 unspecified atom stereocenters. The number of carbonyl (C=O) groups is 1. The SMILES string of the molecule is NC(=O)C1CCc2cc(Br)c(O)cc21. The number of hydrogen-bond acceptors (Lipinski definition) is 2. The Morgan fingerprint density at radius 3 is 2.93 bits per heavy atom. The quantitative estimate of drug-likeness (QED) is 0.802. The van der Waals surface area contributed by atoms with Gasteiger partial charge >= 0.3 is 0 Å². The van der Waals surface area contributed by atoms with E-state index in [2.05, 4.69) is 15.9 Å². The summed E-state index contributed by atoms with van der Waals surface area (Å²) in [4.78, 5) is 11.1. The van der Waals surface area contributed by atoms with E-state index in [0.29, 0.717) is 4.47 Å². The standard InChI is InChI=1S/C10H10BrNO2/c11-8-3-5-1-2-6(10(12)14)7(5)4-9(8)13/h3-4,6,13H,1-2H2,(H2,12,14). The van der Waals surface area contributed by atoms with Gasteiger partial charge in [-0.3, -0.25) is 4.79 Å². The van der Waals surface area contributed by atoms with Crippen molar-refractivity contribution in [2.24, 2.45) is 5.73 Å². The summed E-state index contributed by atoms with van der Waals surface area (Å²) >= 11 is 3.24. The van der Waals surface area contributed by atoms with Crippen molar-refractivity contribution in [3.05, 3.63) is 27.7 Å². The molecule has 74 valence electrons. The molecule has 2 rings (SSSR count). The number of hydrogen-bond donors (Lipinski definition) is 2. The van der Waals surface area contributed by atoms with Crippen LogP contribution in [0, 0.1) is 0 Å². The molecule has 0 radical (unpaired) electrons. The molecule has 1 aromatic carbocycles. The lowest BCUT2D eigenvalue weighted by atomic mass is 10.0. The van der Waals surface area contributed by atoms with Gasteiger partial charge in [-0.1, -0.05) is 0 Å². The smallest absolute Gasteiger partial charge is 0.224 e. The van der Waals surface area contributed by atoms with Gasteiger partial charge in [0.2, 0.25) is 5.91 Å². The molecule has 0 bridgehead atoms. The number of amides is 1. The second-order valence-corrected chi connectivity index (χ2v) is 4.35. The van der Waals surface area contributed by atoms with E-state index in [4.69, 9.17) is 5.73 Å². The number of phenolic OH excluding ortho intramolecular Hbond substituents is 1. The summed E-state index contributed by atoms with van der Waals surface area (Å²) in [5, 5.41) is 9.48. The summed E-state index contributed by atoms with van der Waals surface area (Å²) in [5.74, 6) is -0.383. The lowest BCUT2D eigenvalue weighted by molar-refractivity contribution is -0.119. The monoisotopic (exact) mass is 255 g/mol. The van der Waals surface area contributed by atoms with Gasteiger partial charge in [0, 0.05) is 0 Å². The number of aromatic hydroxyl groups is 1. The summed E-state index contributed by atoms with van der Waals surface area (Å²) in [6.45, 7) is 0. The second-order valence-electron chi connectivity index (χ2n) is 3.50. The fraction of sp³-hybridized carbons (Fsp3) is 0.300. The van der Waals surface area contributed by atoms with Crippen molar-refractivity contribution in [3.63, 3.8) is 0 Å². The Hall–Kier alpha value is -1.03. The van der Waals surface area contributed by atoms with Crippen LogP contribution in [0.25, 0.3) is 0 Å². The number of fused-ring (bicyclic) bond motifs is 1. The third-order valence-corrected chi connectivity index (χ3v) is 3.27. The molecule has 1 atom stereocenters. The van der Waals surface area contributed by atoms with Gasteiger partial charge in [0.15, 0.2) is 0 Å². The van der Waals surface area contributed by atoms with E-state index in [9.17, 15) is 9.90 Å². The topological polar surface area (TPSA) is 63.3 Å². The fourth-order valence-electron chi connectivity index (χ4n) is 1.91. The summed E-state index contributed by atoms with van der Waals surface area (Å²) < 4.78 is 0.668. The van der Waals surface area contributed by atoms with Gasteiger partial charge in [-0.15, -0.1) is 0 Å². The van der Waals surface area contributed by atoms with Gasteiger partial charge in [-0.25, -0.2) is 0 Å². The van der Waals surface area contributed by atoms with Crippen LogP contribution in [0.15, 0.2) is 16.6 Å². The Bertz CT molecular complexity index is 403. The molecule has 0 aliphatic heterocycles. The Balaban J connectivity index is 2.50. The molecule has 0 heterocycles. The minimum atomic E-state index is -0.314. The molecule has 0 saturated carbocycles. The van der Waals surface area contributed by atoms with Crippen LogP contribution >= 0.6 is 15.9 Å². The molecular weight excluding hydrogens is 246 g/mol. The van der Waals surface area contributed by atoms with Gasteiger partial charge < -0.3 is 10.8 Å². The first kappa shape index (κ1) is 9.52. The van der Waals surface area contributed by atoms with Crippen molar-refractivity contribution in [1.82, 2.24) is 0 Å². The number of halogens is 1. The largest absolute Gasteiger partial charge is 0.507 e. The fourth-order valence-corrected chi connectivity index (χ4v) is 2.30. The van der Waals surface area contributed by atoms with E-state index in [1.807, 2.05) is 6.07 Å². The lowest BCUT2D eigenvalue weighted by Crippen LogP contribution is -2.19. The maximum absolute atomic E-state index is 11.1. The molecule has 1 aliphatic carbocycles. The molecule has 0 fully saturated rings. The molecular formula is C10H10BrNO2. The maximum Gasteiger partial charge on any atom is 0.224 e. The zero-order valence-electron chi connectivity index (χ0n) is 7.46. The van der Waals surface area contributed by atoms with E-state index in [-0.39, 0.29) is 17.6 Å². The van der Waals surface area contributed by atoms with Crippen LogP contribution < -0.4 is 5.73 Å². The predicted octanol–water partition coefficient (Wildman–Crippen LogP) is 1.67. The number of benzene rings is 1. The van der Waals surface area contributed by atoms with Crippen LogP contribution in [0.1, 0.15) is 23.5 Å². The summed E-state index contributed by atoms with van der Waals surface area (Å²) in [7, 11) is 0. The zero-order valence-corrected chi connectivity index (χ0v) is 9.04. The van der Waals surface area contributed by atoms with E-state index < -0.39 is 0 Å². The van der Waals surface area contributed by atoms with Crippen LogP contribution in [0.2, 0.25) is 0 Å². The number of phenols is 1. The summed E-state index contributed by atoms with van der Waals surface area (Å²) in [6, 6.07) is 3.48. The number of rotatable bonds is 1. The molecule has 1 aromatic rings. The normalized spacial score (nSPS) is 19.4. The van der Waals surface area contributed by atoms with E-state index >= 15 is 0 Å². The van der Waals surface area contributed by atoms with Gasteiger partial charge in [0.25, 0.3) is 0 Å². The van der Waals surface area contributed by atoms with Crippen molar-refractivity contribution < 1.29 is 9.90 Å². The lowest BCUT2D eigenvalue weighted by Gasteiger charge is -2.07. The molecule has 4 heteroatoms. The Morgan fingerprint density at radius 1 is 1.57 bits per heavy atom. The van der Waals surface area contributed by atoms with Crippen molar-refractivity contribution in [2.45, 2.75) is 18.8 Å². The number of carbonyl (C=O) groups excluding carboxylic acids is 1. The maximum atomic E-state index is 11.1. The molecule has 3 nitrogen and oxygen atoms in total. The third kappa shape index (κ3) is 1.39. The van der Waals surface area contributed by atoms with E-state index in [0.717, 1.165) is 24.0 Å². The van der Waals surface area contributed by atoms with E-state index in [1.54, 1.807) is 6.07 Å². The molecule has 0 saturated heterocycles. The average molecular weight is 256 g/mol. The Labute approximate surface area is 90.0 Å². The molecule has 1 amide bonds. The molecule has 0 aromatic heterocycles. The number of aryl methyl sites for hydroxylation is 1. The third-order valence-electron chi connectivity index (χ3n) is 2.63. The molecule has 3 N–H and O–H groups in total. The highest BCUT2D eigenvalue weighted by Crippen LogP contribution is 2.38. The number of primary amides is 1. The Morgan fingerprint density at radius 2 is 2.29 bits per heavy atom. The van der Waals surface area contributed by atoms with Gasteiger partial charge in [0.05, 0.1) is 10.4 Å². The number of nitrogens with two attached hydrogens (primary N) is 1. The van der Waals surface area contributed by atoms with Gasteiger partial charge in [-0.05, 0) is 52.0 Å². The van der Waals surface area contributed by atoms with E-state index in [1.165, 1.54) is 0 Å². The van der Waals surface area contributed by atoms with Crippen molar-refractivity contribution in [2.75, 3.05) is 0 Å². The highest BCUT2D eigenvalue weighted by Gasteiger charge is 2.27. The van der Waals surface area contributed by atoms with Crippen LogP contribution in [0.3, 0.4) is 0 Å². The van der Waals surface area contributed by atoms with Crippen LogP contribution in [-0.4, -0.2) is 11.0 Å². The van der Waals surface area contributed by atoms with Gasteiger partial charge in [0.1, 0.15) is 5.75 Å². The van der Waals surface area contributed by atoms with Crippen molar-refractivity contribution in [1.29, 1.82) is 0 Å². The first-order valence-electron chi connectivity index (χ1n) is 4.40. The second kappa shape index (κ2) is 3.28. The molecule has 1 aliphatic rings. The average Bonchev–Trinajstić information content (AvgIpc) is 2.48. The van der Waals surface area contributed by atoms with Crippen LogP contribution in [0.4, 0.5) is 0 Å². The summed E-state index contributed by atoms with van der Waals surface area (Å²) in [5.41, 5.74) is 7.24. The highest BCUT2D eigenvalue weighted by molar-refractivity contribution is 9.10. The van der Waals surface area contributed by atoms with Crippen LogP contribution in [-0.2, 0) is 11.2 Å². The van der Waals surface area contributed by atoms with Crippen LogP contribution in [0.5, 0.6) is 5.75 Å². The zero-order chi connectivity index (χ0) is 10.3. The van der Waals surface area contributed by atoms with Gasteiger partial charge in [-0.2, -0.15) is 0 Å². The van der Waals surface area contributed by atoms with Crippen molar-refractivity contribution >= 4 is 21.8 Å². The highest BCUT2D eigenvalue weighted by atomic mass is 79.9. The Kier molecular flexibility index (Phi) is 2.23. The first-order chi connectivity index (χ1) is 6.59.